The predicted octanol–water partition coefficient (Wildman–Crippen LogP) is 0.496. The van der Waals surface area contributed by atoms with Gasteiger partial charge in [0, 0.05) is 6.07 Å². The summed E-state index contributed by atoms with van der Waals surface area (Å²) in [7, 11) is -4.77. The van der Waals surface area contributed by atoms with Crippen molar-refractivity contribution in [3.05, 3.63) is 34.4 Å². The molecule has 0 bridgehead atoms. The van der Waals surface area contributed by atoms with Crippen LogP contribution in [0, 0.1) is 10.1 Å². The quantitative estimate of drug-likeness (QED) is 0.342. The minimum atomic E-state index is -4.77. The van der Waals surface area contributed by atoms with Crippen molar-refractivity contribution in [1.82, 2.24) is 0 Å². The molecule has 0 unspecified atom stereocenters. The summed E-state index contributed by atoms with van der Waals surface area (Å²) in [6.45, 7) is 0. The van der Waals surface area contributed by atoms with Gasteiger partial charge in [-0.25, -0.2) is 8.42 Å². The van der Waals surface area contributed by atoms with E-state index in [1.807, 2.05) is 0 Å². The smallest absolute Gasteiger partial charge is 0.744 e. The normalized spacial score (nSPS) is 10.4. The summed E-state index contributed by atoms with van der Waals surface area (Å²) >= 11 is 0. The number of nitro benzene ring substituents is 1. The van der Waals surface area contributed by atoms with E-state index in [2.05, 4.69) is 0 Å². The molecule has 0 spiro atoms. The fraction of sp³-hybridized carbons (Fsp3) is 0. The van der Waals surface area contributed by atoms with E-state index < -0.39 is 25.6 Å². The molecule has 14 heavy (non-hydrogen) atoms. The average Bonchev–Trinajstić information content (AvgIpc) is 2.03. The molecule has 0 aliphatic carbocycles. The standard InChI is InChI=1S/C6H5NO5S.Ag/c8-7(9)5-3-1-2-4-6(5)13(10,11)12;/h1-4H,(H,10,11,12);/q;+1/p-1. The van der Waals surface area contributed by atoms with E-state index in [-0.39, 0.29) is 22.4 Å². The van der Waals surface area contributed by atoms with Crippen LogP contribution < -0.4 is 0 Å². The summed E-state index contributed by atoms with van der Waals surface area (Å²) in [5.74, 6) is 0. The molecule has 0 aliphatic heterocycles. The molecule has 1 aromatic rings. The van der Waals surface area contributed by atoms with Gasteiger partial charge in [0.25, 0.3) is 5.69 Å². The van der Waals surface area contributed by atoms with Gasteiger partial charge in [-0.3, -0.25) is 10.1 Å². The number of nitro groups is 1. The number of para-hydroxylation sites is 1. The Morgan fingerprint density at radius 2 is 1.71 bits per heavy atom. The molecule has 6 nitrogen and oxygen atoms in total. The van der Waals surface area contributed by atoms with Gasteiger partial charge in [-0.1, -0.05) is 12.1 Å². The molecular formula is C6H4AgNO5S. The third kappa shape index (κ3) is 2.89. The van der Waals surface area contributed by atoms with Crippen LogP contribution in [-0.2, 0) is 32.5 Å². The monoisotopic (exact) mass is 309 g/mol. The third-order valence-electron chi connectivity index (χ3n) is 1.33. The first-order valence-electron chi connectivity index (χ1n) is 3.12. The predicted molar refractivity (Wildman–Crippen MR) is 41.1 cm³/mol. The molecule has 0 heterocycles. The van der Waals surface area contributed by atoms with Crippen molar-refractivity contribution in [2.45, 2.75) is 4.90 Å². The molecule has 0 saturated heterocycles. The van der Waals surface area contributed by atoms with Gasteiger partial charge in [0.05, 0.1) is 4.92 Å². The fourth-order valence-electron chi connectivity index (χ4n) is 0.819. The summed E-state index contributed by atoms with van der Waals surface area (Å²) in [6, 6.07) is 4.40. The molecule has 1 rings (SSSR count). The number of benzene rings is 1. The van der Waals surface area contributed by atoms with Gasteiger partial charge < -0.3 is 4.55 Å². The molecule has 80 valence electrons. The van der Waals surface area contributed by atoms with E-state index in [0.717, 1.165) is 12.1 Å². The molecular weight excluding hydrogens is 306 g/mol. The van der Waals surface area contributed by atoms with Crippen molar-refractivity contribution in [3.63, 3.8) is 0 Å². The first kappa shape index (κ1) is 13.3. The minimum absolute atomic E-state index is 0. The third-order valence-corrected chi connectivity index (χ3v) is 2.22. The molecule has 0 aromatic heterocycles. The largest absolute Gasteiger partial charge is 1.00 e. The maximum absolute atomic E-state index is 10.5. The molecule has 1 aromatic carbocycles. The zero-order valence-corrected chi connectivity index (χ0v) is 8.81. The van der Waals surface area contributed by atoms with Crippen LogP contribution >= 0.6 is 0 Å². The van der Waals surface area contributed by atoms with Crippen LogP contribution in [0.5, 0.6) is 0 Å². The van der Waals surface area contributed by atoms with Gasteiger partial charge in [-0.2, -0.15) is 0 Å². The Balaban J connectivity index is 0.00000169. The van der Waals surface area contributed by atoms with Crippen molar-refractivity contribution in [2.24, 2.45) is 0 Å². The maximum Gasteiger partial charge on any atom is 1.00 e. The van der Waals surface area contributed by atoms with Crippen molar-refractivity contribution >= 4 is 15.8 Å². The molecule has 0 amide bonds. The summed E-state index contributed by atoms with van der Waals surface area (Å²) in [4.78, 5) is 8.55. The number of rotatable bonds is 2. The van der Waals surface area contributed by atoms with Crippen molar-refractivity contribution in [3.8, 4) is 0 Å². The van der Waals surface area contributed by atoms with E-state index >= 15 is 0 Å². The Bertz CT molecular complexity index is 443. The van der Waals surface area contributed by atoms with Crippen molar-refractivity contribution in [2.75, 3.05) is 0 Å². The van der Waals surface area contributed by atoms with Crippen LogP contribution in [0.4, 0.5) is 5.69 Å². The fourth-order valence-corrected chi connectivity index (χ4v) is 1.46. The number of hydrogen-bond acceptors (Lipinski definition) is 5. The second kappa shape index (κ2) is 4.67. The molecule has 0 N–H and O–H groups in total. The Labute approximate surface area is 95.3 Å². The van der Waals surface area contributed by atoms with E-state index in [1.165, 1.54) is 12.1 Å². The van der Waals surface area contributed by atoms with Gasteiger partial charge in [0.2, 0.25) is 0 Å². The molecule has 0 radical (unpaired) electrons. The first-order valence-corrected chi connectivity index (χ1v) is 4.53. The van der Waals surface area contributed by atoms with E-state index in [1.54, 1.807) is 0 Å². The van der Waals surface area contributed by atoms with Crippen LogP contribution in [0.3, 0.4) is 0 Å². The van der Waals surface area contributed by atoms with Crippen LogP contribution in [-0.4, -0.2) is 17.9 Å². The first-order chi connectivity index (χ1) is 5.93. The zero-order chi connectivity index (χ0) is 10.1. The minimum Gasteiger partial charge on any atom is -0.744 e. The Morgan fingerprint density at radius 1 is 1.21 bits per heavy atom. The van der Waals surface area contributed by atoms with Crippen LogP contribution in [0.15, 0.2) is 29.2 Å². The zero-order valence-electron chi connectivity index (χ0n) is 6.51. The summed E-state index contributed by atoms with van der Waals surface area (Å²) < 4.78 is 31.5. The molecule has 8 heteroatoms. The van der Waals surface area contributed by atoms with Crippen LogP contribution in [0.25, 0.3) is 0 Å². The van der Waals surface area contributed by atoms with Gasteiger partial charge in [0.1, 0.15) is 15.0 Å². The second-order valence-corrected chi connectivity index (χ2v) is 3.53. The van der Waals surface area contributed by atoms with E-state index in [4.69, 9.17) is 0 Å². The topological polar surface area (TPSA) is 100 Å². The summed E-state index contributed by atoms with van der Waals surface area (Å²) in [6.07, 6.45) is 0. The van der Waals surface area contributed by atoms with Crippen LogP contribution in [0.1, 0.15) is 0 Å². The van der Waals surface area contributed by atoms with E-state index in [0.29, 0.717) is 0 Å². The Hall–Kier alpha value is -0.730. The second-order valence-electron chi connectivity index (χ2n) is 2.18. The van der Waals surface area contributed by atoms with E-state index in [9.17, 15) is 23.1 Å². The number of nitrogens with zero attached hydrogens (tertiary/aromatic N) is 1. The van der Waals surface area contributed by atoms with Crippen molar-refractivity contribution in [1.29, 1.82) is 0 Å². The van der Waals surface area contributed by atoms with Gasteiger partial charge >= 0.3 is 22.4 Å². The van der Waals surface area contributed by atoms with Crippen molar-refractivity contribution < 1.29 is 40.3 Å². The molecule has 0 saturated carbocycles. The summed E-state index contributed by atoms with van der Waals surface area (Å²) in [5.41, 5.74) is -0.697. The molecule has 0 atom stereocenters. The van der Waals surface area contributed by atoms with Gasteiger partial charge in [-0.15, -0.1) is 0 Å². The average molecular weight is 310 g/mol. The summed E-state index contributed by atoms with van der Waals surface area (Å²) in [5, 5.41) is 10.3. The number of hydrogen-bond donors (Lipinski definition) is 0. The molecule has 0 aliphatic rings. The van der Waals surface area contributed by atoms with Crippen LogP contribution in [0.2, 0.25) is 0 Å². The maximum atomic E-state index is 10.5. The van der Waals surface area contributed by atoms with Gasteiger partial charge in [-0.05, 0) is 6.07 Å². The Morgan fingerprint density at radius 3 is 2.07 bits per heavy atom. The Kier molecular flexibility index (Phi) is 4.43. The molecule has 0 fully saturated rings. The SMILES string of the molecule is O=[N+]([O-])c1ccccc1S(=O)(=O)[O-].[Ag+]. The van der Waals surface area contributed by atoms with Gasteiger partial charge in [0.15, 0.2) is 0 Å².